The molecule has 1 unspecified atom stereocenters. The molecule has 0 saturated heterocycles. The number of aryl methyl sites for hydroxylation is 1. The molecule has 1 heterocycles. The molecule has 1 aliphatic rings. The highest BCUT2D eigenvalue weighted by Crippen LogP contribution is 2.31. The van der Waals surface area contributed by atoms with Gasteiger partial charge in [-0.1, -0.05) is 13.0 Å². The van der Waals surface area contributed by atoms with E-state index in [1.165, 1.54) is 0 Å². The van der Waals surface area contributed by atoms with Crippen LogP contribution in [0.2, 0.25) is 0 Å². The minimum absolute atomic E-state index is 0.0701. The second-order valence-electron chi connectivity index (χ2n) is 5.63. The minimum Gasteiger partial charge on any atom is -0.491 e. The summed E-state index contributed by atoms with van der Waals surface area (Å²) in [4.78, 5) is 14.2. The molecule has 1 amide bonds. The first-order chi connectivity index (χ1) is 10.6. The van der Waals surface area contributed by atoms with E-state index in [0.717, 1.165) is 29.0 Å². The molecule has 1 aliphatic heterocycles. The van der Waals surface area contributed by atoms with Crippen LogP contribution in [0.15, 0.2) is 24.3 Å². The highest BCUT2D eigenvalue weighted by molar-refractivity contribution is 5.91. The lowest BCUT2D eigenvalue weighted by molar-refractivity contribution is -0.131. The summed E-state index contributed by atoms with van der Waals surface area (Å²) >= 11 is 0. The fraction of sp³-hybridized carbons (Fsp3) is 0.500. The van der Waals surface area contributed by atoms with E-state index >= 15 is 0 Å². The van der Waals surface area contributed by atoms with Crippen molar-refractivity contribution in [2.75, 3.05) is 26.9 Å². The molecular formula is C18H25NO3. The summed E-state index contributed by atoms with van der Waals surface area (Å²) in [5.41, 5.74) is 3.23. The lowest BCUT2D eigenvalue weighted by Crippen LogP contribution is -2.36. The summed E-state index contributed by atoms with van der Waals surface area (Å²) < 4.78 is 10.6. The minimum atomic E-state index is 0.0701. The summed E-state index contributed by atoms with van der Waals surface area (Å²) in [6, 6.07) is 6.01. The number of amides is 1. The number of carbonyl (C=O) groups excluding carboxylic acids is 1. The van der Waals surface area contributed by atoms with E-state index in [0.29, 0.717) is 19.8 Å². The van der Waals surface area contributed by atoms with Crippen molar-refractivity contribution < 1.29 is 14.3 Å². The predicted molar refractivity (Wildman–Crippen MR) is 87.7 cm³/mol. The van der Waals surface area contributed by atoms with Gasteiger partial charge in [0.25, 0.3) is 0 Å². The number of benzene rings is 1. The van der Waals surface area contributed by atoms with E-state index in [2.05, 4.69) is 13.0 Å². The van der Waals surface area contributed by atoms with Crippen LogP contribution < -0.4 is 4.74 Å². The summed E-state index contributed by atoms with van der Waals surface area (Å²) in [6.45, 7) is 7.85. The highest BCUT2D eigenvalue weighted by atomic mass is 16.5. The van der Waals surface area contributed by atoms with Crippen LogP contribution in [-0.4, -0.2) is 37.7 Å². The van der Waals surface area contributed by atoms with Crippen LogP contribution in [0.5, 0.6) is 5.75 Å². The van der Waals surface area contributed by atoms with Gasteiger partial charge in [0, 0.05) is 30.8 Å². The molecule has 4 heteroatoms. The zero-order valence-electron chi connectivity index (χ0n) is 13.9. The van der Waals surface area contributed by atoms with Crippen LogP contribution in [0.1, 0.15) is 31.4 Å². The number of hydrogen-bond donors (Lipinski definition) is 0. The van der Waals surface area contributed by atoms with Crippen molar-refractivity contribution in [2.45, 2.75) is 27.2 Å². The van der Waals surface area contributed by atoms with Crippen LogP contribution in [0.25, 0.3) is 5.70 Å². The maximum atomic E-state index is 12.3. The normalized spacial score (nSPS) is 18.4. The Kier molecular flexibility index (Phi) is 5.61. The Morgan fingerprint density at radius 2 is 2.09 bits per heavy atom. The molecule has 0 bridgehead atoms. The van der Waals surface area contributed by atoms with Crippen molar-refractivity contribution in [3.63, 3.8) is 0 Å². The lowest BCUT2D eigenvalue weighted by Gasteiger charge is -2.32. The Morgan fingerprint density at radius 3 is 2.73 bits per heavy atom. The van der Waals surface area contributed by atoms with Gasteiger partial charge in [-0.25, -0.2) is 0 Å². The van der Waals surface area contributed by atoms with Crippen molar-refractivity contribution in [1.82, 2.24) is 4.90 Å². The molecule has 4 nitrogen and oxygen atoms in total. The maximum absolute atomic E-state index is 12.3. The molecule has 0 aliphatic carbocycles. The van der Waals surface area contributed by atoms with E-state index in [1.54, 1.807) is 7.11 Å². The second-order valence-corrected chi connectivity index (χ2v) is 5.63. The number of methoxy groups -OCH3 is 1. The van der Waals surface area contributed by atoms with Gasteiger partial charge in [-0.2, -0.15) is 0 Å². The van der Waals surface area contributed by atoms with Gasteiger partial charge in [0.2, 0.25) is 5.91 Å². The average Bonchev–Trinajstić information content (AvgIpc) is 2.51. The van der Waals surface area contributed by atoms with Crippen LogP contribution in [0.3, 0.4) is 0 Å². The third kappa shape index (κ3) is 3.50. The SMILES string of the molecule is CCN1C(=O)C(C)CC=C1c1ccc(OCCOC)cc1C. The Bertz CT molecular complexity index is 565. The Morgan fingerprint density at radius 1 is 1.32 bits per heavy atom. The van der Waals surface area contributed by atoms with Gasteiger partial charge in [-0.3, -0.25) is 4.79 Å². The molecule has 2 rings (SSSR count). The molecule has 0 spiro atoms. The zero-order chi connectivity index (χ0) is 16.1. The van der Waals surface area contributed by atoms with Gasteiger partial charge in [0.05, 0.1) is 6.61 Å². The topological polar surface area (TPSA) is 38.8 Å². The van der Waals surface area contributed by atoms with E-state index in [1.807, 2.05) is 36.9 Å². The zero-order valence-corrected chi connectivity index (χ0v) is 13.9. The van der Waals surface area contributed by atoms with Gasteiger partial charge in [-0.05, 0) is 44.0 Å². The van der Waals surface area contributed by atoms with E-state index in [4.69, 9.17) is 9.47 Å². The average molecular weight is 303 g/mol. The molecule has 22 heavy (non-hydrogen) atoms. The fourth-order valence-electron chi connectivity index (χ4n) is 2.72. The first-order valence-electron chi connectivity index (χ1n) is 7.82. The quantitative estimate of drug-likeness (QED) is 0.757. The summed E-state index contributed by atoms with van der Waals surface area (Å²) in [5.74, 6) is 1.11. The van der Waals surface area contributed by atoms with Crippen molar-refractivity contribution in [3.8, 4) is 5.75 Å². The highest BCUT2D eigenvalue weighted by Gasteiger charge is 2.27. The van der Waals surface area contributed by atoms with E-state index < -0.39 is 0 Å². The molecule has 0 N–H and O–H groups in total. The predicted octanol–water partition coefficient (Wildman–Crippen LogP) is 3.25. The van der Waals surface area contributed by atoms with Gasteiger partial charge in [0.15, 0.2) is 0 Å². The van der Waals surface area contributed by atoms with Crippen LogP contribution in [0.4, 0.5) is 0 Å². The second kappa shape index (κ2) is 7.45. The van der Waals surface area contributed by atoms with Gasteiger partial charge in [-0.15, -0.1) is 0 Å². The van der Waals surface area contributed by atoms with Crippen LogP contribution in [-0.2, 0) is 9.53 Å². The molecule has 0 saturated carbocycles. The number of ether oxygens (including phenoxy) is 2. The van der Waals surface area contributed by atoms with Crippen molar-refractivity contribution in [1.29, 1.82) is 0 Å². The van der Waals surface area contributed by atoms with Gasteiger partial charge in [0.1, 0.15) is 12.4 Å². The Balaban J connectivity index is 2.23. The number of allylic oxidation sites excluding steroid dienone is 1. The first kappa shape index (κ1) is 16.6. The molecule has 0 aromatic heterocycles. The van der Waals surface area contributed by atoms with Crippen molar-refractivity contribution >= 4 is 11.6 Å². The largest absolute Gasteiger partial charge is 0.491 e. The van der Waals surface area contributed by atoms with Crippen LogP contribution >= 0.6 is 0 Å². The van der Waals surface area contributed by atoms with E-state index in [-0.39, 0.29) is 11.8 Å². The molecule has 1 aromatic rings. The van der Waals surface area contributed by atoms with Crippen LogP contribution in [0, 0.1) is 12.8 Å². The maximum Gasteiger partial charge on any atom is 0.230 e. The monoisotopic (exact) mass is 303 g/mol. The molecule has 1 aromatic carbocycles. The third-order valence-corrected chi connectivity index (χ3v) is 3.99. The van der Waals surface area contributed by atoms with Gasteiger partial charge < -0.3 is 14.4 Å². The van der Waals surface area contributed by atoms with E-state index in [9.17, 15) is 4.79 Å². The number of hydrogen-bond acceptors (Lipinski definition) is 3. The number of rotatable bonds is 6. The van der Waals surface area contributed by atoms with Crippen molar-refractivity contribution in [3.05, 3.63) is 35.4 Å². The first-order valence-corrected chi connectivity index (χ1v) is 7.82. The number of nitrogens with zero attached hydrogens (tertiary/aromatic N) is 1. The smallest absolute Gasteiger partial charge is 0.230 e. The molecular weight excluding hydrogens is 278 g/mol. The summed E-state index contributed by atoms with van der Waals surface area (Å²) in [6.07, 6.45) is 2.97. The summed E-state index contributed by atoms with van der Waals surface area (Å²) in [5, 5.41) is 0. The van der Waals surface area contributed by atoms with Crippen molar-refractivity contribution in [2.24, 2.45) is 5.92 Å². The Hall–Kier alpha value is -1.81. The standard InChI is InChI=1S/C18H25NO3/c1-5-19-17(9-6-13(2)18(19)20)16-8-7-15(12-14(16)3)22-11-10-21-4/h7-9,12-13H,5-6,10-11H2,1-4H3. The molecule has 0 radical (unpaired) electrons. The summed E-state index contributed by atoms with van der Waals surface area (Å²) in [7, 11) is 1.66. The lowest BCUT2D eigenvalue weighted by atomic mass is 9.95. The fourth-order valence-corrected chi connectivity index (χ4v) is 2.72. The Labute approximate surface area is 132 Å². The van der Waals surface area contributed by atoms with Gasteiger partial charge >= 0.3 is 0 Å². The third-order valence-electron chi connectivity index (χ3n) is 3.99. The molecule has 120 valence electrons. The molecule has 0 fully saturated rings. The molecule has 1 atom stereocenters. The number of carbonyl (C=O) groups is 1.